The van der Waals surface area contributed by atoms with Crippen LogP contribution in [0.5, 0.6) is 11.6 Å². The maximum Gasteiger partial charge on any atom is 0.336 e. The number of aromatic nitrogens is 1. The number of aromatic carboxylic acids is 1. The van der Waals surface area contributed by atoms with E-state index < -0.39 is 5.97 Å². The van der Waals surface area contributed by atoms with Gasteiger partial charge in [0.25, 0.3) is 0 Å². The van der Waals surface area contributed by atoms with Gasteiger partial charge < -0.3 is 9.84 Å². The third kappa shape index (κ3) is 2.60. The molecule has 1 aromatic heterocycles. The number of nitrogens with zero attached hydrogens (tertiary/aromatic N) is 1. The number of hydrogen-bond donors (Lipinski definition) is 1. The van der Waals surface area contributed by atoms with Crippen molar-refractivity contribution in [3.8, 4) is 11.6 Å². The van der Waals surface area contributed by atoms with Crippen LogP contribution in [0.25, 0.3) is 0 Å². The Labute approximate surface area is 109 Å². The predicted octanol–water partition coefficient (Wildman–Crippen LogP) is 3.53. The Bertz CT molecular complexity index is 581. The molecule has 18 heavy (non-hydrogen) atoms. The molecule has 0 aliphatic carbocycles. The van der Waals surface area contributed by atoms with E-state index in [1.165, 1.54) is 12.3 Å². The maximum atomic E-state index is 11.0. The molecule has 0 saturated carbocycles. The fourth-order valence-electron chi connectivity index (χ4n) is 1.49. The Kier molecular flexibility index (Phi) is 3.48. The van der Waals surface area contributed by atoms with Gasteiger partial charge in [0.15, 0.2) is 0 Å². The summed E-state index contributed by atoms with van der Waals surface area (Å²) < 4.78 is 5.52. The summed E-state index contributed by atoms with van der Waals surface area (Å²) in [6.07, 6.45) is 1.47. The summed E-state index contributed by atoms with van der Waals surface area (Å²) in [7, 11) is 0. The van der Waals surface area contributed by atoms with E-state index >= 15 is 0 Å². The molecule has 2 rings (SSSR count). The molecule has 0 bridgehead atoms. The highest BCUT2D eigenvalue weighted by atomic mass is 35.5. The number of halogens is 1. The van der Waals surface area contributed by atoms with Crippen LogP contribution in [0.1, 0.15) is 15.9 Å². The van der Waals surface area contributed by atoms with Gasteiger partial charge >= 0.3 is 5.97 Å². The number of rotatable bonds is 3. The molecule has 0 aliphatic rings. The van der Waals surface area contributed by atoms with Crippen molar-refractivity contribution in [3.63, 3.8) is 0 Å². The van der Waals surface area contributed by atoms with Crippen molar-refractivity contribution >= 4 is 17.6 Å². The summed E-state index contributed by atoms with van der Waals surface area (Å²) in [6.45, 7) is 1.69. The van der Waals surface area contributed by atoms with Crippen LogP contribution in [0.4, 0.5) is 0 Å². The van der Waals surface area contributed by atoms with Crippen molar-refractivity contribution < 1.29 is 14.6 Å². The quantitative estimate of drug-likeness (QED) is 0.920. The highest BCUT2D eigenvalue weighted by Gasteiger charge is 2.11. The normalized spacial score (nSPS) is 10.1. The van der Waals surface area contributed by atoms with Crippen molar-refractivity contribution in [2.75, 3.05) is 0 Å². The molecule has 4 nitrogen and oxygen atoms in total. The molecule has 0 amide bonds. The topological polar surface area (TPSA) is 59.4 Å². The van der Waals surface area contributed by atoms with Crippen LogP contribution in [0.15, 0.2) is 36.5 Å². The highest BCUT2D eigenvalue weighted by Crippen LogP contribution is 2.26. The van der Waals surface area contributed by atoms with Gasteiger partial charge in [-0.05, 0) is 25.1 Å². The molecular formula is C13H10ClNO3. The molecule has 0 spiro atoms. The van der Waals surface area contributed by atoms with E-state index in [2.05, 4.69) is 4.98 Å². The van der Waals surface area contributed by atoms with Crippen LogP contribution in [0.3, 0.4) is 0 Å². The number of carboxylic acid groups (broad SMARTS) is 1. The first-order valence-corrected chi connectivity index (χ1v) is 5.58. The van der Waals surface area contributed by atoms with Gasteiger partial charge in [-0.25, -0.2) is 9.78 Å². The monoisotopic (exact) mass is 263 g/mol. The molecule has 2 aromatic rings. The largest absolute Gasteiger partial charge is 0.478 e. The zero-order valence-electron chi connectivity index (χ0n) is 9.55. The molecule has 0 radical (unpaired) electrons. The van der Waals surface area contributed by atoms with Crippen molar-refractivity contribution in [1.82, 2.24) is 4.98 Å². The van der Waals surface area contributed by atoms with E-state index in [1.807, 2.05) is 0 Å². The van der Waals surface area contributed by atoms with Gasteiger partial charge in [-0.1, -0.05) is 17.7 Å². The zero-order valence-corrected chi connectivity index (χ0v) is 10.3. The van der Waals surface area contributed by atoms with Crippen molar-refractivity contribution in [2.24, 2.45) is 0 Å². The smallest absolute Gasteiger partial charge is 0.336 e. The molecule has 0 fully saturated rings. The molecule has 0 atom stereocenters. The average Bonchev–Trinajstić information content (AvgIpc) is 2.34. The summed E-state index contributed by atoms with van der Waals surface area (Å²) in [6, 6.07) is 8.12. The molecule has 1 aromatic carbocycles. The summed E-state index contributed by atoms with van der Waals surface area (Å²) in [5, 5.41) is 9.52. The van der Waals surface area contributed by atoms with E-state index in [0.717, 1.165) is 0 Å². The lowest BCUT2D eigenvalue weighted by Gasteiger charge is -2.09. The number of carboxylic acids is 1. The SMILES string of the molecule is Cc1c(Oc2ccc(Cl)cn2)cccc1C(=O)O. The lowest BCUT2D eigenvalue weighted by molar-refractivity contribution is 0.0695. The Balaban J connectivity index is 2.32. The van der Waals surface area contributed by atoms with Crippen LogP contribution in [0.2, 0.25) is 5.02 Å². The number of carbonyl (C=O) groups is 1. The minimum atomic E-state index is -0.984. The summed E-state index contributed by atoms with van der Waals surface area (Å²) in [4.78, 5) is 15.0. The second-order valence-electron chi connectivity index (χ2n) is 3.65. The van der Waals surface area contributed by atoms with Gasteiger partial charge in [0.2, 0.25) is 5.88 Å². The van der Waals surface area contributed by atoms with Crippen molar-refractivity contribution in [2.45, 2.75) is 6.92 Å². The van der Waals surface area contributed by atoms with Crippen LogP contribution in [0, 0.1) is 6.92 Å². The Hall–Kier alpha value is -2.07. The standard InChI is InChI=1S/C13H10ClNO3/c1-8-10(13(16)17)3-2-4-11(8)18-12-6-5-9(14)7-15-12/h2-7H,1H3,(H,16,17). The van der Waals surface area contributed by atoms with Crippen LogP contribution in [-0.2, 0) is 0 Å². The number of hydrogen-bond acceptors (Lipinski definition) is 3. The number of pyridine rings is 1. The minimum Gasteiger partial charge on any atom is -0.478 e. The summed E-state index contributed by atoms with van der Waals surface area (Å²) >= 11 is 5.72. The first-order valence-electron chi connectivity index (χ1n) is 5.20. The summed E-state index contributed by atoms with van der Waals surface area (Å²) in [5.41, 5.74) is 0.767. The Morgan fingerprint density at radius 1 is 1.33 bits per heavy atom. The van der Waals surface area contributed by atoms with Gasteiger partial charge in [0, 0.05) is 17.8 Å². The molecular weight excluding hydrogens is 254 g/mol. The van der Waals surface area contributed by atoms with Crippen molar-refractivity contribution in [3.05, 3.63) is 52.7 Å². The van der Waals surface area contributed by atoms with E-state index in [9.17, 15) is 4.79 Å². The van der Waals surface area contributed by atoms with E-state index in [1.54, 1.807) is 31.2 Å². The second-order valence-corrected chi connectivity index (χ2v) is 4.09. The predicted molar refractivity (Wildman–Crippen MR) is 67.5 cm³/mol. The first-order chi connectivity index (χ1) is 8.58. The van der Waals surface area contributed by atoms with Gasteiger partial charge in [-0.15, -0.1) is 0 Å². The molecule has 1 heterocycles. The third-order valence-corrected chi connectivity index (χ3v) is 2.65. The van der Waals surface area contributed by atoms with Gasteiger partial charge in [0.05, 0.1) is 10.6 Å². The van der Waals surface area contributed by atoms with Crippen LogP contribution < -0.4 is 4.74 Å². The minimum absolute atomic E-state index is 0.210. The van der Waals surface area contributed by atoms with Crippen molar-refractivity contribution in [1.29, 1.82) is 0 Å². The third-order valence-electron chi connectivity index (χ3n) is 2.43. The Morgan fingerprint density at radius 2 is 2.11 bits per heavy atom. The van der Waals surface area contributed by atoms with Crippen LogP contribution in [-0.4, -0.2) is 16.1 Å². The molecule has 0 saturated heterocycles. The molecule has 92 valence electrons. The highest BCUT2D eigenvalue weighted by molar-refractivity contribution is 6.30. The lowest BCUT2D eigenvalue weighted by atomic mass is 10.1. The maximum absolute atomic E-state index is 11.0. The number of ether oxygens (including phenoxy) is 1. The van der Waals surface area contributed by atoms with Gasteiger partial charge in [-0.2, -0.15) is 0 Å². The van der Waals surface area contributed by atoms with Gasteiger partial charge in [-0.3, -0.25) is 0 Å². The lowest BCUT2D eigenvalue weighted by Crippen LogP contribution is -2.01. The van der Waals surface area contributed by atoms with E-state index in [4.69, 9.17) is 21.4 Å². The molecule has 0 unspecified atom stereocenters. The van der Waals surface area contributed by atoms with E-state index in [-0.39, 0.29) is 5.56 Å². The Morgan fingerprint density at radius 3 is 2.72 bits per heavy atom. The van der Waals surface area contributed by atoms with E-state index in [0.29, 0.717) is 22.2 Å². The average molecular weight is 264 g/mol. The first kappa shape index (κ1) is 12.4. The molecule has 0 aliphatic heterocycles. The zero-order chi connectivity index (χ0) is 13.1. The molecule has 1 N–H and O–H groups in total. The second kappa shape index (κ2) is 5.06. The molecule has 5 heteroatoms. The number of benzene rings is 1. The summed E-state index contributed by atoms with van der Waals surface area (Å²) in [5.74, 6) is -0.156. The van der Waals surface area contributed by atoms with Gasteiger partial charge in [0.1, 0.15) is 5.75 Å². The fourth-order valence-corrected chi connectivity index (χ4v) is 1.60. The fraction of sp³-hybridized carbons (Fsp3) is 0.0769. The van der Waals surface area contributed by atoms with Crippen LogP contribution >= 0.6 is 11.6 Å².